The molecule has 0 saturated heterocycles. The number of nitrogens with zero attached hydrogens (tertiary/aromatic N) is 2. The monoisotopic (exact) mass is 323 g/mol. The van der Waals surface area contributed by atoms with Crippen molar-refractivity contribution in [3.8, 4) is 11.5 Å². The quantitative estimate of drug-likeness (QED) is 0.762. The first-order valence-electron chi connectivity index (χ1n) is 8.11. The molecule has 1 aromatic heterocycles. The fraction of sp³-hybridized carbons (Fsp3) is 0.250. The van der Waals surface area contributed by atoms with Crippen LogP contribution in [-0.2, 0) is 0 Å². The molecule has 0 bridgehead atoms. The maximum Gasteiger partial charge on any atom is 0.145 e. The van der Waals surface area contributed by atoms with Crippen LogP contribution in [0.1, 0.15) is 20.8 Å². The fourth-order valence-electron chi connectivity index (χ4n) is 2.38. The lowest BCUT2D eigenvalue weighted by Gasteiger charge is -2.30. The van der Waals surface area contributed by atoms with E-state index in [1.165, 1.54) is 0 Å². The fourth-order valence-corrected chi connectivity index (χ4v) is 2.38. The van der Waals surface area contributed by atoms with E-state index in [4.69, 9.17) is 4.74 Å². The van der Waals surface area contributed by atoms with Gasteiger partial charge in [0, 0.05) is 29.7 Å². The molecule has 0 aliphatic heterocycles. The highest BCUT2D eigenvalue weighted by molar-refractivity contribution is 5.53. The maximum absolute atomic E-state index is 5.89. The van der Waals surface area contributed by atoms with E-state index in [1.54, 1.807) is 18.6 Å². The first-order chi connectivity index (χ1) is 11.6. The molecule has 0 radical (unpaired) electrons. The molecular formula is C20H25N3O. The minimum atomic E-state index is 0.347. The van der Waals surface area contributed by atoms with Crippen LogP contribution in [0.2, 0.25) is 0 Å². The Morgan fingerprint density at radius 2 is 2.08 bits per heavy atom. The normalized spacial score (nSPS) is 11.2. The van der Waals surface area contributed by atoms with Gasteiger partial charge in [-0.25, -0.2) is 0 Å². The van der Waals surface area contributed by atoms with Gasteiger partial charge in [0.1, 0.15) is 11.5 Å². The summed E-state index contributed by atoms with van der Waals surface area (Å²) in [7, 11) is 0. The van der Waals surface area contributed by atoms with E-state index in [0.717, 1.165) is 29.4 Å². The summed E-state index contributed by atoms with van der Waals surface area (Å²) in [6, 6.07) is 12.2. The number of allylic oxidation sites excluding steroid dienone is 1. The van der Waals surface area contributed by atoms with Crippen LogP contribution in [0, 0.1) is 0 Å². The molecule has 24 heavy (non-hydrogen) atoms. The second kappa shape index (κ2) is 8.77. The van der Waals surface area contributed by atoms with Gasteiger partial charge in [0.05, 0.1) is 12.7 Å². The molecular weight excluding hydrogens is 298 g/mol. The summed E-state index contributed by atoms with van der Waals surface area (Å²) in [5.41, 5.74) is 2.22. The SMILES string of the molecule is C=CN/C(=C\C)CN(c1cccc(Oc2cccnc2)c1)C(C)C. The Kier molecular flexibility index (Phi) is 6.43. The average molecular weight is 323 g/mol. The van der Waals surface area contributed by atoms with Crippen LogP contribution in [-0.4, -0.2) is 17.6 Å². The number of benzene rings is 1. The Morgan fingerprint density at radius 1 is 1.29 bits per heavy atom. The molecule has 4 nitrogen and oxygen atoms in total. The van der Waals surface area contributed by atoms with Crippen molar-refractivity contribution in [2.24, 2.45) is 0 Å². The van der Waals surface area contributed by atoms with E-state index in [0.29, 0.717) is 6.04 Å². The molecule has 1 heterocycles. The molecule has 0 spiro atoms. The van der Waals surface area contributed by atoms with Crippen molar-refractivity contribution in [2.75, 3.05) is 11.4 Å². The maximum atomic E-state index is 5.89. The van der Waals surface area contributed by atoms with Crippen molar-refractivity contribution in [3.05, 3.63) is 73.3 Å². The van der Waals surface area contributed by atoms with Crippen LogP contribution in [0.5, 0.6) is 11.5 Å². The second-order valence-corrected chi connectivity index (χ2v) is 5.67. The Balaban J connectivity index is 2.21. The van der Waals surface area contributed by atoms with Crippen LogP contribution in [0.3, 0.4) is 0 Å². The number of nitrogens with one attached hydrogen (secondary N) is 1. The second-order valence-electron chi connectivity index (χ2n) is 5.67. The third-order valence-corrected chi connectivity index (χ3v) is 3.62. The predicted molar refractivity (Wildman–Crippen MR) is 100 cm³/mol. The minimum absolute atomic E-state index is 0.347. The molecule has 2 aromatic rings. The lowest BCUT2D eigenvalue weighted by atomic mass is 10.2. The molecule has 0 unspecified atom stereocenters. The molecule has 1 N–H and O–H groups in total. The van der Waals surface area contributed by atoms with Gasteiger partial charge >= 0.3 is 0 Å². The molecule has 0 aliphatic carbocycles. The molecule has 0 atom stereocenters. The van der Waals surface area contributed by atoms with Gasteiger partial charge in [-0.2, -0.15) is 0 Å². The topological polar surface area (TPSA) is 37.4 Å². The highest BCUT2D eigenvalue weighted by Crippen LogP contribution is 2.27. The molecule has 0 fully saturated rings. The summed E-state index contributed by atoms with van der Waals surface area (Å²) in [6.07, 6.45) is 7.21. The van der Waals surface area contributed by atoms with E-state index in [9.17, 15) is 0 Å². The number of ether oxygens (including phenoxy) is 1. The molecule has 126 valence electrons. The Morgan fingerprint density at radius 3 is 2.71 bits per heavy atom. The zero-order valence-corrected chi connectivity index (χ0v) is 14.6. The van der Waals surface area contributed by atoms with Crippen LogP contribution >= 0.6 is 0 Å². The summed E-state index contributed by atoms with van der Waals surface area (Å²) < 4.78 is 5.89. The number of hydrogen-bond acceptors (Lipinski definition) is 4. The van der Waals surface area contributed by atoms with E-state index in [1.807, 2.05) is 37.3 Å². The summed E-state index contributed by atoms with van der Waals surface area (Å²) >= 11 is 0. The van der Waals surface area contributed by atoms with Crippen molar-refractivity contribution in [1.29, 1.82) is 0 Å². The summed E-state index contributed by atoms with van der Waals surface area (Å²) in [4.78, 5) is 6.38. The minimum Gasteiger partial charge on any atom is -0.456 e. The molecule has 0 amide bonds. The number of anilines is 1. The van der Waals surface area contributed by atoms with Gasteiger partial charge in [-0.1, -0.05) is 18.7 Å². The van der Waals surface area contributed by atoms with Gasteiger partial charge in [0.15, 0.2) is 0 Å². The van der Waals surface area contributed by atoms with Crippen LogP contribution in [0.15, 0.2) is 73.3 Å². The van der Waals surface area contributed by atoms with E-state index < -0.39 is 0 Å². The molecule has 2 rings (SSSR count). The zero-order valence-electron chi connectivity index (χ0n) is 14.6. The lowest BCUT2D eigenvalue weighted by Crippen LogP contribution is -2.34. The van der Waals surface area contributed by atoms with E-state index in [2.05, 4.69) is 47.8 Å². The number of aromatic nitrogens is 1. The third-order valence-electron chi connectivity index (χ3n) is 3.62. The smallest absolute Gasteiger partial charge is 0.145 e. The number of hydrogen-bond donors (Lipinski definition) is 1. The first-order valence-corrected chi connectivity index (χ1v) is 8.11. The summed E-state index contributed by atoms with van der Waals surface area (Å²) in [5, 5.41) is 3.19. The van der Waals surface area contributed by atoms with Gasteiger partial charge in [-0.05, 0) is 51.2 Å². The van der Waals surface area contributed by atoms with Crippen molar-refractivity contribution in [3.63, 3.8) is 0 Å². The number of pyridine rings is 1. The lowest BCUT2D eigenvalue weighted by molar-refractivity contribution is 0.480. The molecule has 0 aliphatic rings. The Labute approximate surface area is 144 Å². The van der Waals surface area contributed by atoms with E-state index in [-0.39, 0.29) is 0 Å². The number of rotatable bonds is 8. The third kappa shape index (κ3) is 4.88. The van der Waals surface area contributed by atoms with Crippen LogP contribution in [0.25, 0.3) is 0 Å². The van der Waals surface area contributed by atoms with Gasteiger partial charge < -0.3 is 15.0 Å². The Bertz CT molecular complexity index is 680. The molecule has 1 aromatic carbocycles. The first kappa shape index (κ1) is 17.6. The van der Waals surface area contributed by atoms with Gasteiger partial charge in [0.25, 0.3) is 0 Å². The van der Waals surface area contributed by atoms with Crippen molar-refractivity contribution in [2.45, 2.75) is 26.8 Å². The molecule has 0 saturated carbocycles. The Hall–Kier alpha value is -2.75. The van der Waals surface area contributed by atoms with Gasteiger partial charge in [-0.3, -0.25) is 4.98 Å². The predicted octanol–water partition coefficient (Wildman–Crippen LogP) is 4.73. The zero-order chi connectivity index (χ0) is 17.4. The van der Waals surface area contributed by atoms with Crippen LogP contribution in [0.4, 0.5) is 5.69 Å². The standard InChI is InChI=1S/C20H25N3O/c1-5-17(22-6-2)15-23(16(3)4)18-9-7-10-19(13-18)24-20-11-8-12-21-14-20/h5-14,16,22H,2,15H2,1,3-4H3/b17-5-. The van der Waals surface area contributed by atoms with Gasteiger partial charge in [-0.15, -0.1) is 0 Å². The molecule has 4 heteroatoms. The summed E-state index contributed by atoms with van der Waals surface area (Å²) in [6.45, 7) is 10.9. The van der Waals surface area contributed by atoms with Gasteiger partial charge in [0.2, 0.25) is 0 Å². The van der Waals surface area contributed by atoms with Crippen LogP contribution < -0.4 is 15.0 Å². The van der Waals surface area contributed by atoms with Crippen molar-refractivity contribution >= 4 is 5.69 Å². The highest BCUT2D eigenvalue weighted by Gasteiger charge is 2.13. The average Bonchev–Trinajstić information content (AvgIpc) is 2.59. The van der Waals surface area contributed by atoms with Crippen molar-refractivity contribution < 1.29 is 4.74 Å². The largest absolute Gasteiger partial charge is 0.456 e. The summed E-state index contributed by atoms with van der Waals surface area (Å²) in [5.74, 6) is 1.53. The van der Waals surface area contributed by atoms with Crippen molar-refractivity contribution in [1.82, 2.24) is 10.3 Å². The highest BCUT2D eigenvalue weighted by atomic mass is 16.5. The van der Waals surface area contributed by atoms with E-state index >= 15 is 0 Å².